The smallest absolute Gasteiger partial charge is 0.261 e. The van der Waals surface area contributed by atoms with Gasteiger partial charge in [0.1, 0.15) is 6.04 Å². The van der Waals surface area contributed by atoms with Crippen LogP contribution in [0.5, 0.6) is 0 Å². The lowest BCUT2D eigenvalue weighted by molar-refractivity contribution is -0.122. The Labute approximate surface area is 151 Å². The molecule has 0 bridgehead atoms. The minimum absolute atomic E-state index is 0.127. The van der Waals surface area contributed by atoms with E-state index < -0.39 is 14.4 Å². The highest BCUT2D eigenvalue weighted by atomic mass is 28.4. The van der Waals surface area contributed by atoms with Gasteiger partial charge in [-0.1, -0.05) is 81.4 Å². The van der Waals surface area contributed by atoms with Crippen molar-refractivity contribution >= 4 is 24.6 Å². The number of likely N-dealkylation sites (N-methyl/N-ethyl adjacent to an activating group) is 1. The van der Waals surface area contributed by atoms with Crippen molar-refractivity contribution in [1.29, 1.82) is 0 Å². The molecule has 134 valence electrons. The molecule has 0 saturated carbocycles. The van der Waals surface area contributed by atoms with Crippen molar-refractivity contribution < 1.29 is 9.22 Å². The Bertz CT molecular complexity index is 644. The molecule has 2 aromatic rings. The van der Waals surface area contributed by atoms with Crippen molar-refractivity contribution in [2.45, 2.75) is 31.9 Å². The fourth-order valence-electron chi connectivity index (χ4n) is 3.24. The molecule has 3 N–H and O–H groups in total. The number of nitrogens with one attached hydrogen (secondary N) is 1. The van der Waals surface area contributed by atoms with E-state index in [1.165, 1.54) is 10.4 Å². The Balaban J connectivity index is 2.55. The predicted octanol–water partition coefficient (Wildman–Crippen LogP) is 1.64. The Kier molecular flexibility index (Phi) is 6.16. The van der Waals surface area contributed by atoms with Gasteiger partial charge in [0.05, 0.1) is 6.61 Å². The van der Waals surface area contributed by atoms with Gasteiger partial charge in [-0.25, -0.2) is 0 Å². The first kappa shape index (κ1) is 19.4. The van der Waals surface area contributed by atoms with E-state index in [4.69, 9.17) is 10.2 Å². The van der Waals surface area contributed by atoms with Crippen LogP contribution in [-0.4, -0.2) is 33.9 Å². The molecule has 0 aromatic heterocycles. The van der Waals surface area contributed by atoms with Gasteiger partial charge >= 0.3 is 0 Å². The first-order chi connectivity index (χ1) is 11.8. The molecule has 0 saturated heterocycles. The third-order valence-electron chi connectivity index (χ3n) is 4.48. The van der Waals surface area contributed by atoms with E-state index >= 15 is 0 Å². The monoisotopic (exact) mass is 356 g/mol. The molecule has 25 heavy (non-hydrogen) atoms. The summed E-state index contributed by atoms with van der Waals surface area (Å²) in [5.74, 6) is -0.210. The fourth-order valence-corrected chi connectivity index (χ4v) is 7.82. The highest BCUT2D eigenvalue weighted by Crippen LogP contribution is 2.36. The van der Waals surface area contributed by atoms with Crippen molar-refractivity contribution in [2.24, 2.45) is 5.73 Å². The summed E-state index contributed by atoms with van der Waals surface area (Å²) in [5.41, 5.74) is 6.02. The van der Waals surface area contributed by atoms with Gasteiger partial charge in [0.15, 0.2) is 0 Å². The van der Waals surface area contributed by atoms with Gasteiger partial charge < -0.3 is 15.5 Å². The Morgan fingerprint density at radius 3 is 1.84 bits per heavy atom. The van der Waals surface area contributed by atoms with E-state index in [0.29, 0.717) is 0 Å². The number of hydrogen-bond acceptors (Lipinski definition) is 3. The van der Waals surface area contributed by atoms with Crippen LogP contribution in [0.3, 0.4) is 0 Å². The number of nitrogens with two attached hydrogens (primary N) is 1. The van der Waals surface area contributed by atoms with E-state index in [0.717, 1.165) is 0 Å². The van der Waals surface area contributed by atoms with Crippen LogP contribution in [0.4, 0.5) is 0 Å². The number of hydrogen-bond donors (Lipinski definition) is 2. The van der Waals surface area contributed by atoms with Crippen molar-refractivity contribution in [2.75, 3.05) is 13.7 Å². The van der Waals surface area contributed by atoms with Crippen molar-refractivity contribution in [1.82, 2.24) is 5.32 Å². The quantitative estimate of drug-likeness (QED) is 0.774. The molecule has 0 aliphatic rings. The lowest BCUT2D eigenvalue weighted by Crippen LogP contribution is -2.67. The minimum atomic E-state index is -2.63. The van der Waals surface area contributed by atoms with Crippen LogP contribution in [0.25, 0.3) is 0 Å². The molecule has 2 rings (SSSR count). The minimum Gasteiger partial charge on any atom is -0.405 e. The number of rotatable bonds is 6. The van der Waals surface area contributed by atoms with Crippen LogP contribution in [-0.2, 0) is 9.22 Å². The zero-order valence-corrected chi connectivity index (χ0v) is 16.5. The van der Waals surface area contributed by atoms with Crippen molar-refractivity contribution in [3.8, 4) is 0 Å². The second kappa shape index (κ2) is 7.95. The zero-order valence-electron chi connectivity index (χ0n) is 15.5. The lowest BCUT2D eigenvalue weighted by Gasteiger charge is -2.43. The van der Waals surface area contributed by atoms with Crippen LogP contribution < -0.4 is 21.4 Å². The number of benzene rings is 2. The topological polar surface area (TPSA) is 64.4 Å². The summed E-state index contributed by atoms with van der Waals surface area (Å²) in [6.45, 7) is 6.78. The summed E-state index contributed by atoms with van der Waals surface area (Å²) in [5, 5.41) is 4.82. The molecule has 0 radical (unpaired) electrons. The molecule has 0 aliphatic carbocycles. The van der Waals surface area contributed by atoms with E-state index in [2.05, 4.69) is 50.4 Å². The van der Waals surface area contributed by atoms with Crippen LogP contribution in [0, 0.1) is 0 Å². The van der Waals surface area contributed by atoms with E-state index in [9.17, 15) is 4.79 Å². The average Bonchev–Trinajstić information content (AvgIpc) is 2.62. The first-order valence-electron chi connectivity index (χ1n) is 8.55. The molecular formula is C20H28N2O2Si. The third kappa shape index (κ3) is 4.00. The Morgan fingerprint density at radius 1 is 1.04 bits per heavy atom. The number of amides is 1. The molecule has 0 spiro atoms. The molecule has 0 heterocycles. The van der Waals surface area contributed by atoms with Crippen LogP contribution in [0.1, 0.15) is 20.8 Å². The lowest BCUT2D eigenvalue weighted by atomic mass is 10.2. The van der Waals surface area contributed by atoms with Gasteiger partial charge in [0.25, 0.3) is 8.32 Å². The maximum absolute atomic E-state index is 11.9. The summed E-state index contributed by atoms with van der Waals surface area (Å²) in [6.07, 6.45) is 0. The normalized spacial score (nSPS) is 13.3. The number of carbonyl (C=O) groups is 1. The third-order valence-corrected chi connectivity index (χ3v) is 9.48. The highest BCUT2D eigenvalue weighted by molar-refractivity contribution is 6.99. The second-order valence-corrected chi connectivity index (χ2v) is 11.5. The maximum atomic E-state index is 11.9. The molecule has 4 nitrogen and oxygen atoms in total. The molecule has 0 aliphatic heterocycles. The van der Waals surface area contributed by atoms with Crippen molar-refractivity contribution in [3.63, 3.8) is 0 Å². The fraction of sp³-hybridized carbons (Fsp3) is 0.350. The molecular weight excluding hydrogens is 328 g/mol. The first-order valence-corrected chi connectivity index (χ1v) is 10.5. The Hall–Kier alpha value is -1.95. The van der Waals surface area contributed by atoms with Gasteiger partial charge in [-0.15, -0.1) is 0 Å². The van der Waals surface area contributed by atoms with Gasteiger partial charge in [0, 0.05) is 7.05 Å². The largest absolute Gasteiger partial charge is 0.405 e. The summed E-state index contributed by atoms with van der Waals surface area (Å²) in [4.78, 5) is 11.9. The van der Waals surface area contributed by atoms with Crippen molar-refractivity contribution in [3.05, 3.63) is 60.7 Å². The zero-order chi connectivity index (χ0) is 18.5. The Morgan fingerprint density at radius 2 is 1.48 bits per heavy atom. The molecule has 2 aromatic carbocycles. The van der Waals surface area contributed by atoms with E-state index in [-0.39, 0.29) is 17.6 Å². The predicted molar refractivity (Wildman–Crippen MR) is 106 cm³/mol. The molecule has 1 amide bonds. The van der Waals surface area contributed by atoms with E-state index in [1.54, 1.807) is 7.05 Å². The van der Waals surface area contributed by atoms with Gasteiger partial charge in [-0.2, -0.15) is 0 Å². The second-order valence-electron chi connectivity index (χ2n) is 7.19. The molecule has 1 unspecified atom stereocenters. The summed E-state index contributed by atoms with van der Waals surface area (Å²) < 4.78 is 6.60. The summed E-state index contributed by atoms with van der Waals surface area (Å²) in [7, 11) is -1.04. The maximum Gasteiger partial charge on any atom is 0.261 e. The summed E-state index contributed by atoms with van der Waals surface area (Å²) >= 11 is 0. The molecule has 0 fully saturated rings. The standard InChI is InChI=1S/C20H28N2O2Si/c1-20(2,3)25(16-11-7-5-8-12-16,17-13-9-6-10-14-17)24-15-18(21)19(23)22-4/h5-14,18H,15,21H2,1-4H3,(H,22,23). The summed E-state index contributed by atoms with van der Waals surface area (Å²) in [6, 6.07) is 20.0. The molecule has 1 atom stereocenters. The highest BCUT2D eigenvalue weighted by Gasteiger charge is 2.50. The van der Waals surface area contributed by atoms with Gasteiger partial charge in [-0.05, 0) is 15.4 Å². The average molecular weight is 357 g/mol. The van der Waals surface area contributed by atoms with Crippen LogP contribution in [0.2, 0.25) is 5.04 Å². The van der Waals surface area contributed by atoms with Gasteiger partial charge in [-0.3, -0.25) is 4.79 Å². The molecule has 5 heteroatoms. The van der Waals surface area contributed by atoms with Crippen LogP contribution in [0.15, 0.2) is 60.7 Å². The van der Waals surface area contributed by atoms with E-state index in [1.807, 2.05) is 36.4 Å². The number of carbonyl (C=O) groups excluding carboxylic acids is 1. The van der Waals surface area contributed by atoms with Gasteiger partial charge in [0.2, 0.25) is 5.91 Å². The van der Waals surface area contributed by atoms with Crippen LogP contribution >= 0.6 is 0 Å². The SMILES string of the molecule is CNC(=O)C(N)CO[Si](c1ccccc1)(c1ccccc1)C(C)(C)C.